The molecule has 21 heavy (non-hydrogen) atoms. The topological polar surface area (TPSA) is 50.4 Å². The quantitative estimate of drug-likeness (QED) is 0.650. The number of esters is 1. The number of carbonyl (C=O) groups excluding carboxylic acids is 1. The highest BCUT2D eigenvalue weighted by Gasteiger charge is 2.19. The number of nitrogens with one attached hydrogen (secondary N) is 2. The summed E-state index contributed by atoms with van der Waals surface area (Å²) in [6.07, 6.45) is 1.33. The van der Waals surface area contributed by atoms with E-state index in [2.05, 4.69) is 10.6 Å². The number of benzene rings is 1. The highest BCUT2D eigenvalue weighted by atomic mass is 32.1. The Hall–Kier alpha value is -1.95. The van der Waals surface area contributed by atoms with Crippen LogP contribution in [0.3, 0.4) is 0 Å². The van der Waals surface area contributed by atoms with Crippen LogP contribution in [0.15, 0.2) is 30.0 Å². The summed E-state index contributed by atoms with van der Waals surface area (Å²) in [6, 6.07) is 4.91. The number of hydrogen-bond donors (Lipinski definition) is 2. The summed E-state index contributed by atoms with van der Waals surface area (Å²) in [5.74, 6) is -0.685. The van der Waals surface area contributed by atoms with Gasteiger partial charge >= 0.3 is 5.97 Å². The zero-order valence-corrected chi connectivity index (χ0v) is 12.9. The molecule has 0 unspecified atom stereocenters. The lowest BCUT2D eigenvalue weighted by Gasteiger charge is -2.20. The summed E-state index contributed by atoms with van der Waals surface area (Å²) < 4.78 is 18.8. The van der Waals surface area contributed by atoms with Gasteiger partial charge in [-0.3, -0.25) is 0 Å². The van der Waals surface area contributed by atoms with E-state index < -0.39 is 5.97 Å². The van der Waals surface area contributed by atoms with Crippen LogP contribution in [-0.2, 0) is 14.9 Å². The molecule has 1 aromatic rings. The van der Waals surface area contributed by atoms with E-state index in [4.69, 9.17) is 17.0 Å². The first-order chi connectivity index (χ1) is 9.75. The summed E-state index contributed by atoms with van der Waals surface area (Å²) in [7, 11) is 0. The van der Waals surface area contributed by atoms with E-state index in [0.29, 0.717) is 16.9 Å². The van der Waals surface area contributed by atoms with Gasteiger partial charge in [0.1, 0.15) is 12.4 Å². The van der Waals surface area contributed by atoms with Crippen molar-refractivity contribution in [2.75, 3.05) is 11.9 Å². The molecule has 1 heterocycles. The van der Waals surface area contributed by atoms with E-state index in [1.807, 2.05) is 20.8 Å². The van der Waals surface area contributed by atoms with Crippen molar-refractivity contribution >= 4 is 29.0 Å². The Morgan fingerprint density at radius 2 is 2.05 bits per heavy atom. The minimum absolute atomic E-state index is 0.165. The van der Waals surface area contributed by atoms with Gasteiger partial charge in [-0.15, -0.1) is 0 Å². The molecule has 1 aromatic carbocycles. The van der Waals surface area contributed by atoms with Gasteiger partial charge in [-0.1, -0.05) is 26.8 Å². The van der Waals surface area contributed by atoms with Gasteiger partial charge in [0.15, 0.2) is 5.11 Å². The van der Waals surface area contributed by atoms with Gasteiger partial charge in [-0.05, 0) is 35.3 Å². The zero-order chi connectivity index (χ0) is 15.6. The average molecular weight is 308 g/mol. The number of anilines is 1. The number of halogens is 1. The van der Waals surface area contributed by atoms with Gasteiger partial charge < -0.3 is 15.4 Å². The number of cyclic esters (lactones) is 1. The van der Waals surface area contributed by atoms with Crippen LogP contribution in [0.5, 0.6) is 0 Å². The Morgan fingerprint density at radius 1 is 1.33 bits per heavy atom. The molecule has 1 aliphatic heterocycles. The maximum Gasteiger partial charge on any atom is 0.333 e. The Bertz CT molecular complexity index is 621. The van der Waals surface area contributed by atoms with Crippen molar-refractivity contribution in [3.05, 3.63) is 41.4 Å². The van der Waals surface area contributed by atoms with Gasteiger partial charge in [0.25, 0.3) is 0 Å². The van der Waals surface area contributed by atoms with Crippen LogP contribution in [0.2, 0.25) is 0 Å². The molecular formula is C15H17FN2O2S. The van der Waals surface area contributed by atoms with Crippen LogP contribution in [0.25, 0.3) is 0 Å². The van der Waals surface area contributed by atoms with Crippen LogP contribution in [0, 0.1) is 5.82 Å². The fraction of sp³-hybridized carbons (Fsp3) is 0.333. The standard InChI is InChI=1S/C15H17FN2O2S/c1-15(2,3)11-5-4-9(6-12(11)16)17-14(21)18-10-7-13(19)20-8-10/h4-7H,8H2,1-3H3,(H2,17,18,21). The third kappa shape index (κ3) is 4.01. The molecule has 0 amide bonds. The van der Waals surface area contributed by atoms with Crippen LogP contribution in [-0.4, -0.2) is 17.7 Å². The SMILES string of the molecule is CC(C)(C)c1ccc(NC(=S)NC2=CC(=O)OC2)cc1F. The highest BCUT2D eigenvalue weighted by Crippen LogP contribution is 2.26. The lowest BCUT2D eigenvalue weighted by Crippen LogP contribution is -2.28. The Balaban J connectivity index is 2.03. The maximum absolute atomic E-state index is 14.1. The average Bonchev–Trinajstić information content (AvgIpc) is 2.72. The fourth-order valence-corrected chi connectivity index (χ4v) is 2.20. The first-order valence-electron chi connectivity index (χ1n) is 6.51. The van der Waals surface area contributed by atoms with Gasteiger partial charge in [-0.2, -0.15) is 0 Å². The van der Waals surface area contributed by atoms with E-state index in [9.17, 15) is 9.18 Å². The van der Waals surface area contributed by atoms with Crippen molar-refractivity contribution in [2.45, 2.75) is 26.2 Å². The molecule has 0 spiro atoms. The molecule has 0 atom stereocenters. The molecular weight excluding hydrogens is 291 g/mol. The third-order valence-corrected chi connectivity index (χ3v) is 3.18. The molecule has 0 saturated heterocycles. The molecule has 2 rings (SSSR count). The lowest BCUT2D eigenvalue weighted by molar-refractivity contribution is -0.134. The van der Waals surface area contributed by atoms with Crippen molar-refractivity contribution in [2.24, 2.45) is 0 Å². The lowest BCUT2D eigenvalue weighted by atomic mass is 9.86. The van der Waals surface area contributed by atoms with E-state index in [0.717, 1.165) is 0 Å². The third-order valence-electron chi connectivity index (χ3n) is 2.97. The van der Waals surface area contributed by atoms with Crippen molar-refractivity contribution in [3.8, 4) is 0 Å². The molecule has 0 aliphatic carbocycles. The molecule has 0 aromatic heterocycles. The van der Waals surface area contributed by atoms with Crippen LogP contribution in [0.1, 0.15) is 26.3 Å². The van der Waals surface area contributed by atoms with E-state index >= 15 is 0 Å². The Labute approximate surface area is 128 Å². The van der Waals surface area contributed by atoms with Crippen LogP contribution < -0.4 is 10.6 Å². The van der Waals surface area contributed by atoms with Gasteiger partial charge in [-0.25, -0.2) is 9.18 Å². The summed E-state index contributed by atoms with van der Waals surface area (Å²) in [6.45, 7) is 6.02. The first kappa shape index (κ1) is 15.4. The number of ether oxygens (including phenoxy) is 1. The Morgan fingerprint density at radius 3 is 2.57 bits per heavy atom. The normalized spacial score (nSPS) is 14.5. The molecule has 0 fully saturated rings. The fourth-order valence-electron chi connectivity index (χ4n) is 1.96. The Kier molecular flexibility index (Phi) is 4.27. The number of rotatable bonds is 2. The number of carbonyl (C=O) groups is 1. The number of thiocarbonyl (C=S) groups is 1. The minimum atomic E-state index is -0.402. The molecule has 4 nitrogen and oxygen atoms in total. The van der Waals surface area contributed by atoms with Gasteiger partial charge in [0, 0.05) is 11.8 Å². The first-order valence-corrected chi connectivity index (χ1v) is 6.92. The van der Waals surface area contributed by atoms with Crippen LogP contribution in [0.4, 0.5) is 10.1 Å². The van der Waals surface area contributed by atoms with Crippen molar-refractivity contribution in [3.63, 3.8) is 0 Å². The zero-order valence-electron chi connectivity index (χ0n) is 12.1. The van der Waals surface area contributed by atoms with Gasteiger partial charge in [0.2, 0.25) is 0 Å². The minimum Gasteiger partial charge on any atom is -0.456 e. The second-order valence-electron chi connectivity index (χ2n) is 5.80. The molecule has 0 saturated carbocycles. The second kappa shape index (κ2) is 5.81. The van der Waals surface area contributed by atoms with Crippen molar-refractivity contribution in [1.29, 1.82) is 0 Å². The predicted molar refractivity (Wildman–Crippen MR) is 83.5 cm³/mol. The van der Waals surface area contributed by atoms with Gasteiger partial charge in [0.05, 0.1) is 5.70 Å². The molecule has 1 aliphatic rings. The largest absolute Gasteiger partial charge is 0.456 e. The molecule has 0 bridgehead atoms. The summed E-state index contributed by atoms with van der Waals surface area (Å²) >= 11 is 5.11. The predicted octanol–water partition coefficient (Wildman–Crippen LogP) is 2.85. The summed E-state index contributed by atoms with van der Waals surface area (Å²) in [5, 5.41) is 5.99. The highest BCUT2D eigenvalue weighted by molar-refractivity contribution is 7.80. The monoisotopic (exact) mass is 308 g/mol. The van der Waals surface area contributed by atoms with E-state index in [1.54, 1.807) is 12.1 Å². The van der Waals surface area contributed by atoms with Crippen molar-refractivity contribution in [1.82, 2.24) is 5.32 Å². The molecule has 6 heteroatoms. The summed E-state index contributed by atoms with van der Waals surface area (Å²) in [4.78, 5) is 10.9. The van der Waals surface area contributed by atoms with Crippen molar-refractivity contribution < 1.29 is 13.9 Å². The van der Waals surface area contributed by atoms with Crippen LogP contribution >= 0.6 is 12.2 Å². The molecule has 112 valence electrons. The second-order valence-corrected chi connectivity index (χ2v) is 6.21. The smallest absolute Gasteiger partial charge is 0.333 e. The van der Waals surface area contributed by atoms with E-state index in [-0.39, 0.29) is 23.0 Å². The molecule has 2 N–H and O–H groups in total. The number of hydrogen-bond acceptors (Lipinski definition) is 3. The van der Waals surface area contributed by atoms with E-state index in [1.165, 1.54) is 12.1 Å². The molecule has 0 radical (unpaired) electrons. The summed E-state index contributed by atoms with van der Waals surface area (Å²) in [5.41, 5.74) is 1.51. The maximum atomic E-state index is 14.1.